The summed E-state index contributed by atoms with van der Waals surface area (Å²) in [6.45, 7) is 9.85. The standard InChI is InChI=1S/C24H31BrClN7O/c1-17-19(14-18(26)15-20(17)34-13-5-8-31-6-3-2-4-7-31)32-9-11-33(12-10-32)24-21-22(25)29-30-23(21)27-16-28-24/h14-16H,2-13H2,1H3,(H,27,28,29,30). The van der Waals surface area contributed by atoms with Gasteiger partial charge in [-0.1, -0.05) is 18.0 Å². The van der Waals surface area contributed by atoms with Gasteiger partial charge >= 0.3 is 0 Å². The van der Waals surface area contributed by atoms with E-state index >= 15 is 0 Å². The Morgan fingerprint density at radius 3 is 2.59 bits per heavy atom. The highest BCUT2D eigenvalue weighted by Crippen LogP contribution is 2.35. The van der Waals surface area contributed by atoms with Crippen molar-refractivity contribution in [1.82, 2.24) is 25.1 Å². The molecule has 0 radical (unpaired) electrons. The maximum atomic E-state index is 6.51. The Bertz CT molecular complexity index is 1130. The zero-order valence-electron chi connectivity index (χ0n) is 19.6. The van der Waals surface area contributed by atoms with E-state index in [-0.39, 0.29) is 0 Å². The van der Waals surface area contributed by atoms with E-state index in [2.05, 4.69) is 63.8 Å². The summed E-state index contributed by atoms with van der Waals surface area (Å²) >= 11 is 10.0. The molecule has 182 valence electrons. The highest BCUT2D eigenvalue weighted by molar-refractivity contribution is 9.10. The fourth-order valence-electron chi connectivity index (χ4n) is 4.98. The minimum atomic E-state index is 0.716. The van der Waals surface area contributed by atoms with Gasteiger partial charge in [0.15, 0.2) is 5.65 Å². The molecule has 0 unspecified atom stereocenters. The number of aromatic nitrogens is 4. The molecule has 1 aromatic carbocycles. The normalized spacial score (nSPS) is 17.5. The van der Waals surface area contributed by atoms with E-state index in [4.69, 9.17) is 16.3 Å². The zero-order valence-corrected chi connectivity index (χ0v) is 21.9. The van der Waals surface area contributed by atoms with E-state index in [1.54, 1.807) is 6.33 Å². The number of hydrogen-bond acceptors (Lipinski definition) is 7. The number of nitrogens with zero attached hydrogens (tertiary/aromatic N) is 6. The van der Waals surface area contributed by atoms with Crippen molar-refractivity contribution in [3.8, 4) is 5.75 Å². The lowest BCUT2D eigenvalue weighted by Crippen LogP contribution is -2.47. The summed E-state index contributed by atoms with van der Waals surface area (Å²) in [5, 5.41) is 8.81. The van der Waals surface area contributed by atoms with E-state index in [0.29, 0.717) is 11.6 Å². The van der Waals surface area contributed by atoms with Crippen LogP contribution in [-0.2, 0) is 0 Å². The van der Waals surface area contributed by atoms with Crippen molar-refractivity contribution in [2.45, 2.75) is 32.6 Å². The number of aromatic amines is 1. The van der Waals surface area contributed by atoms with Crippen LogP contribution >= 0.6 is 27.5 Å². The highest BCUT2D eigenvalue weighted by atomic mass is 79.9. The molecule has 1 N–H and O–H groups in total. The van der Waals surface area contributed by atoms with Crippen LogP contribution in [-0.4, -0.2) is 77.5 Å². The molecule has 5 rings (SSSR count). The van der Waals surface area contributed by atoms with Gasteiger partial charge in [-0.15, -0.1) is 0 Å². The van der Waals surface area contributed by atoms with Crippen molar-refractivity contribution < 1.29 is 4.74 Å². The molecule has 2 aromatic heterocycles. The van der Waals surface area contributed by atoms with E-state index in [0.717, 1.165) is 77.6 Å². The Balaban J connectivity index is 1.22. The molecule has 8 nitrogen and oxygen atoms in total. The summed E-state index contributed by atoms with van der Waals surface area (Å²) in [6.07, 6.45) is 6.65. The molecule has 0 saturated carbocycles. The van der Waals surface area contributed by atoms with Crippen LogP contribution in [0, 0.1) is 6.92 Å². The molecule has 2 aliphatic heterocycles. The molecule has 10 heteroatoms. The minimum absolute atomic E-state index is 0.716. The van der Waals surface area contributed by atoms with Crippen LogP contribution in [0.15, 0.2) is 23.1 Å². The van der Waals surface area contributed by atoms with Gasteiger partial charge in [-0.05, 0) is 67.3 Å². The summed E-state index contributed by atoms with van der Waals surface area (Å²) < 4.78 is 6.95. The van der Waals surface area contributed by atoms with Gasteiger partial charge in [0.05, 0.1) is 12.0 Å². The number of H-pyrrole nitrogens is 1. The third kappa shape index (κ3) is 5.11. The van der Waals surface area contributed by atoms with Crippen molar-refractivity contribution in [3.63, 3.8) is 0 Å². The van der Waals surface area contributed by atoms with Crippen LogP contribution in [0.25, 0.3) is 11.0 Å². The average Bonchev–Trinajstić information content (AvgIpc) is 3.25. The van der Waals surface area contributed by atoms with Crippen molar-refractivity contribution >= 4 is 50.1 Å². The van der Waals surface area contributed by atoms with Gasteiger partial charge in [-0.25, -0.2) is 9.97 Å². The Kier molecular flexibility index (Phi) is 7.41. The Labute approximate surface area is 213 Å². The van der Waals surface area contributed by atoms with Crippen molar-refractivity contribution in [3.05, 3.63) is 33.6 Å². The van der Waals surface area contributed by atoms with E-state index in [9.17, 15) is 0 Å². The molecule has 3 aromatic rings. The quantitative estimate of drug-likeness (QED) is 0.431. The van der Waals surface area contributed by atoms with E-state index in [1.165, 1.54) is 32.4 Å². The first kappa shape index (κ1) is 23.6. The summed E-state index contributed by atoms with van der Waals surface area (Å²) in [5.41, 5.74) is 3.04. The SMILES string of the molecule is Cc1c(OCCCN2CCCCC2)cc(Cl)cc1N1CCN(c2ncnc3[nH]nc(Br)c23)CC1. The number of piperidine rings is 1. The Morgan fingerprint density at radius 1 is 1.03 bits per heavy atom. The maximum absolute atomic E-state index is 6.51. The van der Waals surface area contributed by atoms with E-state index < -0.39 is 0 Å². The molecule has 4 heterocycles. The number of piperazine rings is 1. The number of halogens is 2. The summed E-state index contributed by atoms with van der Waals surface area (Å²) in [4.78, 5) is 16.1. The second kappa shape index (κ2) is 10.7. The van der Waals surface area contributed by atoms with Crippen molar-refractivity contribution in [1.29, 1.82) is 0 Å². The molecule has 0 amide bonds. The number of nitrogens with one attached hydrogen (secondary N) is 1. The van der Waals surface area contributed by atoms with Gasteiger partial charge in [0.2, 0.25) is 0 Å². The minimum Gasteiger partial charge on any atom is -0.493 e. The van der Waals surface area contributed by atoms with Gasteiger partial charge in [-0.2, -0.15) is 5.10 Å². The number of likely N-dealkylation sites (tertiary alicyclic amines) is 1. The smallest absolute Gasteiger partial charge is 0.161 e. The monoisotopic (exact) mass is 547 g/mol. The maximum Gasteiger partial charge on any atom is 0.161 e. The van der Waals surface area contributed by atoms with Crippen LogP contribution in [0.3, 0.4) is 0 Å². The summed E-state index contributed by atoms with van der Waals surface area (Å²) in [6, 6.07) is 4.01. The number of rotatable bonds is 7. The second-order valence-corrected chi connectivity index (χ2v) is 10.2. The first-order chi connectivity index (χ1) is 16.6. The number of ether oxygens (including phenoxy) is 1. The van der Waals surface area contributed by atoms with Crippen LogP contribution in [0.1, 0.15) is 31.2 Å². The first-order valence-electron chi connectivity index (χ1n) is 12.1. The zero-order chi connectivity index (χ0) is 23.5. The van der Waals surface area contributed by atoms with Gasteiger partial charge in [0.25, 0.3) is 0 Å². The van der Waals surface area contributed by atoms with Crippen LogP contribution in [0.5, 0.6) is 5.75 Å². The lowest BCUT2D eigenvalue weighted by Gasteiger charge is -2.37. The Hall–Kier alpha value is -2.10. The largest absolute Gasteiger partial charge is 0.493 e. The molecule has 0 spiro atoms. The summed E-state index contributed by atoms with van der Waals surface area (Å²) in [5.74, 6) is 1.80. The molecular formula is C24H31BrClN7O. The summed E-state index contributed by atoms with van der Waals surface area (Å²) in [7, 11) is 0. The predicted octanol–water partition coefficient (Wildman–Crippen LogP) is 4.66. The van der Waals surface area contributed by atoms with Crippen LogP contribution in [0.2, 0.25) is 5.02 Å². The molecule has 2 saturated heterocycles. The second-order valence-electron chi connectivity index (χ2n) is 9.06. The molecule has 0 atom stereocenters. The number of anilines is 2. The van der Waals surface area contributed by atoms with Gasteiger partial charge in [0, 0.05) is 49.0 Å². The molecule has 0 aliphatic carbocycles. The number of fused-ring (bicyclic) bond motifs is 1. The fourth-order valence-corrected chi connectivity index (χ4v) is 5.64. The molecular weight excluding hydrogens is 518 g/mol. The highest BCUT2D eigenvalue weighted by Gasteiger charge is 2.24. The average molecular weight is 549 g/mol. The topological polar surface area (TPSA) is 73.4 Å². The Morgan fingerprint density at radius 2 is 1.79 bits per heavy atom. The van der Waals surface area contributed by atoms with Crippen molar-refractivity contribution in [2.24, 2.45) is 0 Å². The molecule has 2 fully saturated rings. The third-order valence-electron chi connectivity index (χ3n) is 6.84. The van der Waals surface area contributed by atoms with Gasteiger partial charge in [0.1, 0.15) is 22.5 Å². The molecule has 2 aliphatic rings. The van der Waals surface area contributed by atoms with Crippen molar-refractivity contribution in [2.75, 3.05) is 62.2 Å². The molecule has 34 heavy (non-hydrogen) atoms. The van der Waals surface area contributed by atoms with E-state index in [1.807, 2.05) is 6.07 Å². The third-order valence-corrected chi connectivity index (χ3v) is 7.63. The predicted molar refractivity (Wildman–Crippen MR) is 140 cm³/mol. The first-order valence-corrected chi connectivity index (χ1v) is 13.3. The fraction of sp³-hybridized carbons (Fsp3) is 0.542. The molecule has 0 bridgehead atoms. The lowest BCUT2D eigenvalue weighted by molar-refractivity contribution is 0.204. The van der Waals surface area contributed by atoms with Crippen LogP contribution in [0.4, 0.5) is 11.5 Å². The lowest BCUT2D eigenvalue weighted by atomic mass is 10.1. The number of hydrogen-bond donors (Lipinski definition) is 1. The number of benzene rings is 1. The van der Waals surface area contributed by atoms with Gasteiger partial charge in [-0.3, -0.25) is 5.10 Å². The van der Waals surface area contributed by atoms with Crippen LogP contribution < -0.4 is 14.5 Å². The van der Waals surface area contributed by atoms with Gasteiger partial charge < -0.3 is 19.4 Å².